The summed E-state index contributed by atoms with van der Waals surface area (Å²) in [5.74, 6) is 2.76. The Balaban J connectivity index is 0.778. The van der Waals surface area contributed by atoms with Crippen LogP contribution in [0.5, 0.6) is 0 Å². The van der Waals surface area contributed by atoms with Gasteiger partial charge in [-0.3, -0.25) is 0 Å². The van der Waals surface area contributed by atoms with Crippen LogP contribution in [0.2, 0.25) is 0 Å². The van der Waals surface area contributed by atoms with Gasteiger partial charge in [0, 0.05) is 113 Å². The van der Waals surface area contributed by atoms with Crippen molar-refractivity contribution in [3.05, 3.63) is 138 Å². The average molecular weight is 968 g/mol. The normalized spacial score (nSPS) is 15.4. The number of hydrogen-bond donors (Lipinski definition) is 5. The molecule has 72 heavy (non-hydrogen) atoms. The highest BCUT2D eigenvalue weighted by atomic mass is 16.5. The van der Waals surface area contributed by atoms with E-state index in [-0.39, 0.29) is 12.6 Å². The van der Waals surface area contributed by atoms with Gasteiger partial charge in [0.2, 0.25) is 29.7 Å². The first kappa shape index (κ1) is 46.9. The number of aliphatic hydroxyl groups excluding tert-OH is 1. The number of nitrogens with zero attached hydrogens (tertiary/aromatic N) is 15. The van der Waals surface area contributed by atoms with Crippen molar-refractivity contribution in [2.24, 2.45) is 0 Å². The molecule has 22 nitrogen and oxygen atoms in total. The van der Waals surface area contributed by atoms with Crippen LogP contribution in [0.4, 0.5) is 63.1 Å². The molecule has 3 fully saturated rings. The molecule has 0 saturated carbocycles. The van der Waals surface area contributed by atoms with Crippen molar-refractivity contribution < 1.29 is 14.6 Å². The van der Waals surface area contributed by atoms with Crippen LogP contribution in [0.25, 0.3) is 0 Å². The number of aromatic nitrogens is 9. The molecule has 3 saturated heterocycles. The van der Waals surface area contributed by atoms with Gasteiger partial charge in [0.1, 0.15) is 18.5 Å². The van der Waals surface area contributed by atoms with E-state index in [0.717, 1.165) is 60.1 Å². The number of anilines is 10. The first-order chi connectivity index (χ1) is 35.5. The fraction of sp³-hybridized carbons (Fsp3) is 0.300. The summed E-state index contributed by atoms with van der Waals surface area (Å²) in [7, 11) is 0. The maximum atomic E-state index is 14.1. The largest absolute Gasteiger partial charge is 0.395 e. The Morgan fingerprint density at radius 3 is 1.89 bits per heavy atom. The molecule has 1 atom stereocenters. The van der Waals surface area contributed by atoms with Crippen LogP contribution >= 0.6 is 0 Å². The van der Waals surface area contributed by atoms with Gasteiger partial charge in [-0.05, 0) is 65.7 Å². The minimum Gasteiger partial charge on any atom is -0.395 e. The second-order valence-corrected chi connectivity index (χ2v) is 17.1. The lowest BCUT2D eigenvalue weighted by molar-refractivity contribution is 0.122. The third kappa shape index (κ3) is 11.3. The van der Waals surface area contributed by atoms with Gasteiger partial charge in [0.05, 0.1) is 43.3 Å². The number of morpholine rings is 1. The van der Waals surface area contributed by atoms with Gasteiger partial charge in [0.25, 0.3) is 0 Å². The lowest BCUT2D eigenvalue weighted by Crippen LogP contribution is -2.50. The number of aliphatic hydroxyl groups is 1. The summed E-state index contributed by atoms with van der Waals surface area (Å²) >= 11 is 0. The number of nitriles is 1. The second kappa shape index (κ2) is 22.3. The zero-order valence-corrected chi connectivity index (χ0v) is 39.4. The van der Waals surface area contributed by atoms with E-state index in [1.165, 1.54) is 12.7 Å². The predicted octanol–water partition coefficient (Wildman–Crippen LogP) is 4.70. The number of amides is 2. The molecule has 0 bridgehead atoms. The van der Waals surface area contributed by atoms with E-state index < -0.39 is 5.92 Å². The van der Waals surface area contributed by atoms with E-state index in [1.54, 1.807) is 23.2 Å². The summed E-state index contributed by atoms with van der Waals surface area (Å²) in [6.45, 7) is 8.08. The second-order valence-electron chi connectivity index (χ2n) is 17.1. The van der Waals surface area contributed by atoms with Gasteiger partial charge >= 0.3 is 6.03 Å². The molecule has 3 aliphatic heterocycles. The molecule has 10 rings (SSSR count). The Kier molecular flexibility index (Phi) is 14.5. The van der Waals surface area contributed by atoms with Crippen molar-refractivity contribution in [2.75, 3.05) is 133 Å². The first-order valence-electron chi connectivity index (χ1n) is 23.8. The minimum absolute atomic E-state index is 0.0181. The Hall–Kier alpha value is -8.81. The van der Waals surface area contributed by atoms with Crippen LogP contribution < -0.4 is 40.9 Å². The van der Waals surface area contributed by atoms with E-state index in [2.05, 4.69) is 84.1 Å². The van der Waals surface area contributed by atoms with Crippen molar-refractivity contribution >= 4 is 64.3 Å². The van der Waals surface area contributed by atoms with Crippen molar-refractivity contribution in [3.63, 3.8) is 0 Å². The predicted molar refractivity (Wildman–Crippen MR) is 273 cm³/mol. The Morgan fingerprint density at radius 2 is 1.26 bits per heavy atom. The Labute approximate surface area is 415 Å². The van der Waals surface area contributed by atoms with E-state index in [4.69, 9.17) is 24.8 Å². The Bertz CT molecular complexity index is 2940. The number of benzene rings is 3. The molecular weight excluding hydrogens is 915 g/mol. The highest BCUT2D eigenvalue weighted by molar-refractivity contribution is 5.91. The molecule has 3 aromatic carbocycles. The standard InChI is InChI=1S/C50H53N19O3/c51-29-35-6-12-42(62-50(71)69-21-19-68(20-22-69)48-58-33-56-45(63-48)60-38-7-10-40(11-8-38)65-23-26-72-27-24-65)41(28-35)44(36-4-2-1-3-5-36)37-30-54-47(55-31-37)66-15-17-67(18-16-66)49-59-34-57-46(64-49)61-39-9-13-43(53-32-39)52-14-25-70/h1-13,28,30-34,44,70H,14-27H2,(H,52,53)(H,62,71)(H,56,58,60,63)(H,57,59,61,64). The zero-order valence-electron chi connectivity index (χ0n) is 39.4. The van der Waals surface area contributed by atoms with E-state index in [0.29, 0.717) is 106 Å². The van der Waals surface area contributed by atoms with Gasteiger partial charge in [-0.15, -0.1) is 0 Å². The zero-order chi connectivity index (χ0) is 49.1. The molecule has 2 amide bonds. The summed E-state index contributed by atoms with van der Waals surface area (Å²) in [6.07, 6.45) is 8.31. The van der Waals surface area contributed by atoms with Crippen molar-refractivity contribution in [1.29, 1.82) is 5.26 Å². The molecule has 4 aromatic heterocycles. The number of ether oxygens (including phenoxy) is 1. The molecule has 5 N–H and O–H groups in total. The van der Waals surface area contributed by atoms with E-state index >= 15 is 0 Å². The van der Waals surface area contributed by atoms with Gasteiger partial charge in [0.15, 0.2) is 0 Å². The summed E-state index contributed by atoms with van der Waals surface area (Å²) in [4.78, 5) is 65.4. The topological polar surface area (TPSA) is 251 Å². The monoisotopic (exact) mass is 967 g/mol. The van der Waals surface area contributed by atoms with Gasteiger partial charge in [-0.1, -0.05) is 30.3 Å². The van der Waals surface area contributed by atoms with Crippen LogP contribution in [0.1, 0.15) is 28.2 Å². The number of rotatable bonds is 15. The quantitative estimate of drug-likeness (QED) is 0.0934. The molecule has 3 aliphatic rings. The van der Waals surface area contributed by atoms with Gasteiger partial charge in [-0.2, -0.15) is 15.2 Å². The van der Waals surface area contributed by atoms with Crippen LogP contribution in [0.15, 0.2) is 116 Å². The lowest BCUT2D eigenvalue weighted by atomic mass is 9.85. The smallest absolute Gasteiger partial charge is 0.321 e. The number of piperazine rings is 2. The van der Waals surface area contributed by atoms with Crippen LogP contribution in [0.3, 0.4) is 0 Å². The summed E-state index contributed by atoms with van der Waals surface area (Å²) < 4.78 is 5.49. The number of urea groups is 1. The molecule has 22 heteroatoms. The number of hydrogen-bond acceptors (Lipinski definition) is 20. The molecular formula is C50H53N19O3. The molecule has 0 radical (unpaired) electrons. The SMILES string of the molecule is N#Cc1ccc(NC(=O)N2CCN(c3ncnc(Nc4ccc(N5CCOCC5)cc4)n3)CC2)c(C(c2ccccc2)c2cnc(N3CCN(c4ncnc(Nc5ccc(NCCO)nc5)n4)CC3)nc2)c1. The Morgan fingerprint density at radius 1 is 0.639 bits per heavy atom. The van der Waals surface area contributed by atoms with Crippen molar-refractivity contribution in [2.45, 2.75) is 5.92 Å². The lowest BCUT2D eigenvalue weighted by Gasteiger charge is -2.35. The number of pyridine rings is 1. The fourth-order valence-corrected chi connectivity index (χ4v) is 8.83. The van der Waals surface area contributed by atoms with Crippen molar-refractivity contribution in [3.8, 4) is 6.07 Å². The maximum Gasteiger partial charge on any atom is 0.321 e. The highest BCUT2D eigenvalue weighted by Crippen LogP contribution is 2.37. The summed E-state index contributed by atoms with van der Waals surface area (Å²) in [6, 6.07) is 29.2. The average Bonchev–Trinajstić information content (AvgIpc) is 3.44. The van der Waals surface area contributed by atoms with Crippen LogP contribution in [-0.4, -0.2) is 153 Å². The molecule has 7 heterocycles. The number of carbonyl (C=O) groups excluding carboxylic acids is 1. The number of carbonyl (C=O) groups is 1. The molecule has 7 aromatic rings. The van der Waals surface area contributed by atoms with E-state index in [1.807, 2.05) is 78.0 Å². The molecule has 366 valence electrons. The van der Waals surface area contributed by atoms with Crippen LogP contribution in [0, 0.1) is 11.3 Å². The first-order valence-corrected chi connectivity index (χ1v) is 23.8. The van der Waals surface area contributed by atoms with Crippen molar-refractivity contribution in [1.82, 2.24) is 49.8 Å². The van der Waals surface area contributed by atoms with Gasteiger partial charge < -0.3 is 55.6 Å². The van der Waals surface area contributed by atoms with Crippen LogP contribution in [-0.2, 0) is 4.74 Å². The molecule has 0 spiro atoms. The number of nitrogens with one attached hydrogen (secondary N) is 4. The van der Waals surface area contributed by atoms with Gasteiger partial charge in [-0.25, -0.2) is 39.7 Å². The maximum absolute atomic E-state index is 14.1. The summed E-state index contributed by atoms with van der Waals surface area (Å²) in [5, 5.41) is 31.8. The minimum atomic E-state index is -0.407. The molecule has 1 unspecified atom stereocenters. The third-order valence-corrected chi connectivity index (χ3v) is 12.6. The third-order valence-electron chi connectivity index (χ3n) is 12.6. The van der Waals surface area contributed by atoms with E-state index in [9.17, 15) is 10.1 Å². The molecule has 0 aliphatic carbocycles. The fourth-order valence-electron chi connectivity index (χ4n) is 8.83. The highest BCUT2D eigenvalue weighted by Gasteiger charge is 2.28. The summed E-state index contributed by atoms with van der Waals surface area (Å²) in [5.41, 5.74) is 6.27.